The van der Waals surface area contributed by atoms with Crippen LogP contribution >= 0.6 is 0 Å². The summed E-state index contributed by atoms with van der Waals surface area (Å²) in [5.74, 6) is -2.01. The van der Waals surface area contributed by atoms with Gasteiger partial charge in [-0.1, -0.05) is 0 Å². The molecule has 7 heavy (non-hydrogen) atoms. The molecule has 0 unspecified atom stereocenters. The molecular weight excluding hydrogens is 96.0 g/mol. The molecule has 0 aromatic rings. The highest BCUT2D eigenvalue weighted by Gasteiger charge is 2.12. The maximum atomic E-state index is 8.27. The van der Waals surface area contributed by atoms with Gasteiger partial charge in [0.2, 0.25) is 0 Å². The fourth-order valence-corrected chi connectivity index (χ4v) is 0.146. The number of aliphatic hydroxyl groups is 3. The lowest BCUT2D eigenvalue weighted by Gasteiger charge is -2.11. The molecule has 3 N–H and O–H groups in total. The van der Waals surface area contributed by atoms with Gasteiger partial charge in [-0.15, -0.1) is 0 Å². The largest absolute Gasteiger partial charge is 0.390 e. The predicted octanol–water partition coefficient (Wildman–Crippen LogP) is -0.574. The lowest BCUT2D eigenvalue weighted by atomic mass is 10.2. The SMILES string of the molecule is [CH2]C(O)(O)C[CH]O. The van der Waals surface area contributed by atoms with Gasteiger partial charge in [0.25, 0.3) is 0 Å². The molecule has 0 aromatic heterocycles. The lowest BCUT2D eigenvalue weighted by molar-refractivity contribution is -0.125. The monoisotopic (exact) mass is 104 g/mol. The van der Waals surface area contributed by atoms with Crippen LogP contribution in [0.5, 0.6) is 0 Å². The third-order valence-corrected chi connectivity index (χ3v) is 0.418. The molecule has 0 aliphatic heterocycles. The molecule has 42 valence electrons. The molecule has 0 rings (SSSR count). The summed E-state index contributed by atoms with van der Waals surface area (Å²) in [6, 6.07) is 0. The van der Waals surface area contributed by atoms with Gasteiger partial charge in [-0.3, -0.25) is 0 Å². The van der Waals surface area contributed by atoms with E-state index in [-0.39, 0.29) is 6.42 Å². The van der Waals surface area contributed by atoms with Crippen molar-refractivity contribution in [1.82, 2.24) is 0 Å². The van der Waals surface area contributed by atoms with Gasteiger partial charge in [-0.05, 0) is 0 Å². The first-order valence-electron chi connectivity index (χ1n) is 1.82. The van der Waals surface area contributed by atoms with Crippen LogP contribution in [0.3, 0.4) is 0 Å². The number of rotatable bonds is 2. The third kappa shape index (κ3) is 5.88. The van der Waals surface area contributed by atoms with Crippen molar-refractivity contribution in [2.75, 3.05) is 0 Å². The molecule has 0 bridgehead atoms. The molecule has 0 atom stereocenters. The van der Waals surface area contributed by atoms with Crippen molar-refractivity contribution in [3.8, 4) is 0 Å². The normalized spacial score (nSPS) is 12.0. The molecule has 0 spiro atoms. The predicted molar refractivity (Wildman–Crippen MR) is 23.4 cm³/mol. The molecule has 0 aromatic carbocycles. The second kappa shape index (κ2) is 2.26. The zero-order valence-electron chi connectivity index (χ0n) is 3.83. The van der Waals surface area contributed by atoms with Crippen molar-refractivity contribution >= 4 is 0 Å². The van der Waals surface area contributed by atoms with Crippen LogP contribution in [0.4, 0.5) is 0 Å². The minimum Gasteiger partial charge on any atom is -0.390 e. The molecule has 0 heterocycles. The van der Waals surface area contributed by atoms with Crippen LogP contribution in [-0.4, -0.2) is 21.1 Å². The summed E-state index contributed by atoms with van der Waals surface area (Å²) < 4.78 is 0. The summed E-state index contributed by atoms with van der Waals surface area (Å²) in [6.07, 6.45) is -0.229. The Hall–Kier alpha value is -0.120. The summed E-state index contributed by atoms with van der Waals surface area (Å²) >= 11 is 0. The minimum atomic E-state index is -2.01. The molecule has 3 heteroatoms. The summed E-state index contributed by atoms with van der Waals surface area (Å²) in [7, 11) is 0. The zero-order chi connectivity index (χ0) is 5.91. The first kappa shape index (κ1) is 6.88. The second-order valence-corrected chi connectivity index (χ2v) is 1.37. The van der Waals surface area contributed by atoms with Crippen LogP contribution in [0.15, 0.2) is 0 Å². The van der Waals surface area contributed by atoms with Gasteiger partial charge in [0.15, 0.2) is 5.79 Å². The Kier molecular flexibility index (Phi) is 2.22. The maximum absolute atomic E-state index is 8.27. The standard InChI is InChI=1S/C4H8O3/c1-4(6,7)2-3-5/h3,5-7H,1-2H2. The topological polar surface area (TPSA) is 60.7 Å². The van der Waals surface area contributed by atoms with Gasteiger partial charge in [-0.2, -0.15) is 0 Å². The molecule has 0 aliphatic carbocycles. The van der Waals surface area contributed by atoms with Gasteiger partial charge in [0.1, 0.15) is 0 Å². The summed E-state index contributed by atoms with van der Waals surface area (Å²) in [4.78, 5) is 0. The van der Waals surface area contributed by atoms with Crippen molar-refractivity contribution in [3.63, 3.8) is 0 Å². The van der Waals surface area contributed by atoms with E-state index in [1.54, 1.807) is 0 Å². The van der Waals surface area contributed by atoms with Gasteiger partial charge >= 0.3 is 0 Å². The molecule has 0 amide bonds. The highest BCUT2D eigenvalue weighted by atomic mass is 16.5. The number of aliphatic hydroxyl groups excluding tert-OH is 1. The van der Waals surface area contributed by atoms with Crippen LogP contribution in [0, 0.1) is 13.5 Å². The van der Waals surface area contributed by atoms with Crippen molar-refractivity contribution in [1.29, 1.82) is 0 Å². The Bertz CT molecular complexity index is 45.4. The third-order valence-electron chi connectivity index (χ3n) is 0.418. The van der Waals surface area contributed by atoms with Crippen LogP contribution in [0.2, 0.25) is 0 Å². The summed E-state index contributed by atoms with van der Waals surface area (Å²) in [5.41, 5.74) is 0. The average molecular weight is 104 g/mol. The van der Waals surface area contributed by atoms with E-state index in [9.17, 15) is 0 Å². The van der Waals surface area contributed by atoms with Crippen LogP contribution in [0.25, 0.3) is 0 Å². The Balaban J connectivity index is 3.15. The Morgan fingerprint density at radius 3 is 2.00 bits per heavy atom. The second-order valence-electron chi connectivity index (χ2n) is 1.37. The molecule has 2 radical (unpaired) electrons. The molecule has 3 nitrogen and oxygen atoms in total. The van der Waals surface area contributed by atoms with E-state index in [0.29, 0.717) is 6.61 Å². The van der Waals surface area contributed by atoms with Crippen molar-refractivity contribution in [2.45, 2.75) is 12.2 Å². The first-order valence-corrected chi connectivity index (χ1v) is 1.82. The van der Waals surface area contributed by atoms with Crippen molar-refractivity contribution < 1.29 is 15.3 Å². The van der Waals surface area contributed by atoms with E-state index in [1.165, 1.54) is 0 Å². The van der Waals surface area contributed by atoms with Gasteiger partial charge in [0.05, 0.1) is 6.61 Å². The van der Waals surface area contributed by atoms with Gasteiger partial charge in [0, 0.05) is 13.3 Å². The smallest absolute Gasteiger partial charge is 0.165 e. The molecule has 0 aliphatic rings. The highest BCUT2D eigenvalue weighted by Crippen LogP contribution is 2.02. The molecule has 0 saturated carbocycles. The lowest BCUT2D eigenvalue weighted by Crippen LogP contribution is -2.22. The molecular formula is C4H8O3. The fourth-order valence-electron chi connectivity index (χ4n) is 0.146. The number of hydrogen-bond acceptors (Lipinski definition) is 3. The first-order chi connectivity index (χ1) is 3.06. The summed E-state index contributed by atoms with van der Waals surface area (Å²) in [6.45, 7) is 3.53. The van der Waals surface area contributed by atoms with E-state index < -0.39 is 5.79 Å². The van der Waals surface area contributed by atoms with Gasteiger partial charge in [-0.25, -0.2) is 0 Å². The van der Waals surface area contributed by atoms with E-state index in [1.807, 2.05) is 0 Å². The van der Waals surface area contributed by atoms with Crippen LogP contribution in [-0.2, 0) is 0 Å². The van der Waals surface area contributed by atoms with E-state index in [4.69, 9.17) is 15.3 Å². The Morgan fingerprint density at radius 1 is 1.57 bits per heavy atom. The van der Waals surface area contributed by atoms with Crippen molar-refractivity contribution in [3.05, 3.63) is 13.5 Å². The minimum absolute atomic E-state index is 0.229. The van der Waals surface area contributed by atoms with Crippen LogP contribution < -0.4 is 0 Å². The average Bonchev–Trinajstić information content (AvgIpc) is 1.30. The molecule has 0 saturated heterocycles. The highest BCUT2D eigenvalue weighted by molar-refractivity contribution is 4.69. The van der Waals surface area contributed by atoms with E-state index >= 15 is 0 Å². The zero-order valence-corrected chi connectivity index (χ0v) is 3.83. The van der Waals surface area contributed by atoms with Crippen LogP contribution in [0.1, 0.15) is 6.42 Å². The Labute approximate surface area is 42.2 Å². The fraction of sp³-hybridized carbons (Fsp3) is 0.500. The van der Waals surface area contributed by atoms with E-state index in [2.05, 4.69) is 6.92 Å². The van der Waals surface area contributed by atoms with Crippen molar-refractivity contribution in [2.24, 2.45) is 0 Å². The number of hydrogen-bond donors (Lipinski definition) is 3. The van der Waals surface area contributed by atoms with Gasteiger partial charge < -0.3 is 15.3 Å². The quantitative estimate of drug-likeness (QED) is 0.411. The molecule has 0 fully saturated rings. The maximum Gasteiger partial charge on any atom is 0.165 e. The van der Waals surface area contributed by atoms with E-state index in [0.717, 1.165) is 0 Å². The summed E-state index contributed by atoms with van der Waals surface area (Å²) in [5, 5.41) is 24.5. The Morgan fingerprint density at radius 2 is 2.00 bits per heavy atom.